The van der Waals surface area contributed by atoms with Gasteiger partial charge in [-0.2, -0.15) is 0 Å². The molecule has 0 spiro atoms. The van der Waals surface area contributed by atoms with Crippen LogP contribution in [0.15, 0.2) is 36.4 Å². The van der Waals surface area contributed by atoms with E-state index in [1.165, 1.54) is 4.90 Å². The van der Waals surface area contributed by atoms with Crippen LogP contribution in [0.2, 0.25) is 10.0 Å². The Labute approximate surface area is 165 Å². The van der Waals surface area contributed by atoms with Crippen molar-refractivity contribution in [2.45, 2.75) is 25.6 Å². The number of benzene rings is 2. The van der Waals surface area contributed by atoms with Gasteiger partial charge in [-0.15, -0.1) is 0 Å². The highest BCUT2D eigenvalue weighted by Crippen LogP contribution is 2.35. The number of nitrogens with zero attached hydrogens (tertiary/aromatic N) is 1. The molecule has 2 heterocycles. The first-order chi connectivity index (χ1) is 12.9. The number of rotatable bonds is 3. The van der Waals surface area contributed by atoms with Gasteiger partial charge < -0.3 is 14.8 Å². The molecule has 0 aliphatic carbocycles. The standard InChI is InChI=1S/C19H16Cl2N2O4/c1-19(13-2-4-14(20)5-3-13)17(24)23(18(25)22-19)8-11-6-15(21)7-12-9-26-10-27-16(11)12/h2-7H,8-10H2,1H3,(H,22,25)/t19-/m1/s1. The Bertz CT molecular complexity index is 932. The van der Waals surface area contributed by atoms with Crippen LogP contribution < -0.4 is 10.1 Å². The first-order valence-corrected chi connectivity index (χ1v) is 9.06. The van der Waals surface area contributed by atoms with E-state index in [4.69, 9.17) is 32.7 Å². The number of ether oxygens (including phenoxy) is 2. The second-order valence-electron chi connectivity index (χ2n) is 6.62. The van der Waals surface area contributed by atoms with Crippen LogP contribution in [0.25, 0.3) is 0 Å². The van der Waals surface area contributed by atoms with Crippen molar-refractivity contribution in [3.05, 3.63) is 63.1 Å². The molecule has 2 aliphatic rings. The van der Waals surface area contributed by atoms with E-state index in [9.17, 15) is 9.59 Å². The number of fused-ring (bicyclic) bond motifs is 1. The molecule has 1 fully saturated rings. The predicted molar refractivity (Wildman–Crippen MR) is 99.6 cm³/mol. The summed E-state index contributed by atoms with van der Waals surface area (Å²) in [5.74, 6) is 0.252. The summed E-state index contributed by atoms with van der Waals surface area (Å²) in [6, 6.07) is 9.81. The molecule has 3 amide bonds. The molecule has 2 aromatic rings. The molecule has 4 rings (SSSR count). The lowest BCUT2D eigenvalue weighted by atomic mass is 9.92. The molecule has 1 N–H and O–H groups in total. The number of urea groups is 1. The fourth-order valence-electron chi connectivity index (χ4n) is 3.36. The molecule has 1 atom stereocenters. The molecule has 0 saturated carbocycles. The van der Waals surface area contributed by atoms with E-state index in [2.05, 4.69) is 5.32 Å². The Morgan fingerprint density at radius 3 is 2.63 bits per heavy atom. The number of amides is 3. The minimum atomic E-state index is -1.16. The van der Waals surface area contributed by atoms with Gasteiger partial charge in [0.05, 0.1) is 13.2 Å². The average Bonchev–Trinajstić information content (AvgIpc) is 2.86. The van der Waals surface area contributed by atoms with Crippen LogP contribution in [-0.2, 0) is 28.2 Å². The minimum absolute atomic E-state index is 0.0523. The lowest BCUT2D eigenvalue weighted by Crippen LogP contribution is -2.40. The van der Waals surface area contributed by atoms with Crippen LogP contribution in [0.4, 0.5) is 4.79 Å². The van der Waals surface area contributed by atoms with Crippen LogP contribution in [0.1, 0.15) is 23.6 Å². The van der Waals surface area contributed by atoms with E-state index < -0.39 is 11.6 Å². The highest BCUT2D eigenvalue weighted by molar-refractivity contribution is 6.31. The molecule has 0 unspecified atom stereocenters. The molecule has 6 nitrogen and oxygen atoms in total. The summed E-state index contributed by atoms with van der Waals surface area (Å²) < 4.78 is 10.8. The number of hydrogen-bond acceptors (Lipinski definition) is 4. The first kappa shape index (κ1) is 18.1. The number of hydrogen-bond donors (Lipinski definition) is 1. The van der Waals surface area contributed by atoms with E-state index in [-0.39, 0.29) is 19.2 Å². The van der Waals surface area contributed by atoms with Crippen molar-refractivity contribution < 1.29 is 19.1 Å². The van der Waals surface area contributed by atoms with Gasteiger partial charge in [-0.1, -0.05) is 35.3 Å². The monoisotopic (exact) mass is 406 g/mol. The number of nitrogens with one attached hydrogen (secondary N) is 1. The molecule has 0 bridgehead atoms. The Balaban J connectivity index is 1.66. The first-order valence-electron chi connectivity index (χ1n) is 8.30. The lowest BCUT2D eigenvalue weighted by Gasteiger charge is -2.24. The van der Waals surface area contributed by atoms with Gasteiger partial charge in [-0.3, -0.25) is 9.69 Å². The maximum atomic E-state index is 13.1. The fraction of sp³-hybridized carbons (Fsp3) is 0.263. The molecular weight excluding hydrogens is 391 g/mol. The van der Waals surface area contributed by atoms with Gasteiger partial charge in [0.15, 0.2) is 6.79 Å². The second-order valence-corrected chi connectivity index (χ2v) is 7.49. The van der Waals surface area contributed by atoms with Crippen molar-refractivity contribution in [1.29, 1.82) is 0 Å². The third kappa shape index (κ3) is 3.14. The number of imide groups is 1. The van der Waals surface area contributed by atoms with Crippen LogP contribution in [0.3, 0.4) is 0 Å². The van der Waals surface area contributed by atoms with Crippen molar-refractivity contribution in [2.75, 3.05) is 6.79 Å². The predicted octanol–water partition coefficient (Wildman–Crippen LogP) is 3.83. The highest BCUT2D eigenvalue weighted by atomic mass is 35.5. The van der Waals surface area contributed by atoms with Crippen LogP contribution in [0, 0.1) is 0 Å². The topological polar surface area (TPSA) is 67.9 Å². The van der Waals surface area contributed by atoms with Crippen molar-refractivity contribution in [3.63, 3.8) is 0 Å². The molecule has 27 heavy (non-hydrogen) atoms. The lowest BCUT2D eigenvalue weighted by molar-refractivity contribution is -0.131. The average molecular weight is 407 g/mol. The number of carbonyl (C=O) groups is 2. The van der Waals surface area contributed by atoms with Gasteiger partial charge in [-0.05, 0) is 36.8 Å². The van der Waals surface area contributed by atoms with E-state index in [1.807, 2.05) is 0 Å². The van der Waals surface area contributed by atoms with Crippen molar-refractivity contribution >= 4 is 35.1 Å². The summed E-state index contributed by atoms with van der Waals surface area (Å²) in [6.45, 7) is 2.21. The second kappa shape index (κ2) is 6.71. The van der Waals surface area contributed by atoms with Gasteiger partial charge in [-0.25, -0.2) is 4.79 Å². The van der Waals surface area contributed by atoms with Gasteiger partial charge in [0, 0.05) is 21.2 Å². The minimum Gasteiger partial charge on any atom is -0.467 e. The summed E-state index contributed by atoms with van der Waals surface area (Å²) in [5.41, 5.74) is 0.941. The third-order valence-corrected chi connectivity index (χ3v) is 5.25. The fourth-order valence-corrected chi connectivity index (χ4v) is 3.75. The molecule has 140 valence electrons. The molecule has 2 aromatic carbocycles. The zero-order valence-electron chi connectivity index (χ0n) is 14.4. The van der Waals surface area contributed by atoms with Crippen LogP contribution in [0.5, 0.6) is 5.75 Å². The molecule has 1 saturated heterocycles. The normalized spacial score (nSPS) is 21.7. The zero-order valence-corrected chi connectivity index (χ0v) is 15.9. The van der Waals surface area contributed by atoms with E-state index >= 15 is 0 Å². The molecular formula is C19H16Cl2N2O4. The summed E-state index contributed by atoms with van der Waals surface area (Å²) >= 11 is 12.1. The molecule has 0 aromatic heterocycles. The van der Waals surface area contributed by atoms with Gasteiger partial charge in [0.1, 0.15) is 11.3 Å². The maximum absolute atomic E-state index is 13.1. The number of carbonyl (C=O) groups excluding carboxylic acids is 2. The van der Waals surface area contributed by atoms with Crippen molar-refractivity contribution in [2.24, 2.45) is 0 Å². The SMILES string of the molecule is C[C@]1(c2ccc(Cl)cc2)NC(=O)N(Cc2cc(Cl)cc3c2OCOC3)C1=O. The molecule has 2 aliphatic heterocycles. The van der Waals surface area contributed by atoms with E-state index in [0.29, 0.717) is 33.5 Å². The van der Waals surface area contributed by atoms with E-state index in [0.717, 1.165) is 5.56 Å². The maximum Gasteiger partial charge on any atom is 0.325 e. The summed E-state index contributed by atoms with van der Waals surface area (Å²) in [5, 5.41) is 3.82. The Morgan fingerprint density at radius 1 is 1.15 bits per heavy atom. The molecule has 0 radical (unpaired) electrons. The largest absolute Gasteiger partial charge is 0.467 e. The van der Waals surface area contributed by atoms with Crippen LogP contribution in [-0.4, -0.2) is 23.6 Å². The smallest absolute Gasteiger partial charge is 0.325 e. The van der Waals surface area contributed by atoms with Crippen LogP contribution >= 0.6 is 23.2 Å². The van der Waals surface area contributed by atoms with Gasteiger partial charge in [0.2, 0.25) is 0 Å². The third-order valence-electron chi connectivity index (χ3n) is 4.78. The zero-order chi connectivity index (χ0) is 19.2. The summed E-state index contributed by atoms with van der Waals surface area (Å²) in [4.78, 5) is 26.8. The number of halogens is 2. The molecule has 8 heteroatoms. The van der Waals surface area contributed by atoms with Crippen molar-refractivity contribution in [1.82, 2.24) is 10.2 Å². The summed E-state index contributed by atoms with van der Waals surface area (Å²) in [7, 11) is 0. The Kier molecular flexibility index (Phi) is 4.50. The Morgan fingerprint density at radius 2 is 1.89 bits per heavy atom. The van der Waals surface area contributed by atoms with E-state index in [1.54, 1.807) is 43.3 Å². The Hall–Kier alpha value is -2.28. The quantitative estimate of drug-likeness (QED) is 0.786. The van der Waals surface area contributed by atoms with Crippen molar-refractivity contribution in [3.8, 4) is 5.75 Å². The van der Waals surface area contributed by atoms with Gasteiger partial charge in [0.25, 0.3) is 5.91 Å². The van der Waals surface area contributed by atoms with Gasteiger partial charge >= 0.3 is 6.03 Å². The summed E-state index contributed by atoms with van der Waals surface area (Å²) in [6.07, 6.45) is 0. The highest BCUT2D eigenvalue weighted by Gasteiger charge is 2.49.